The zero-order valence-electron chi connectivity index (χ0n) is 12.5. The number of benzene rings is 1. The predicted octanol–water partition coefficient (Wildman–Crippen LogP) is 4.25. The minimum Gasteiger partial charge on any atom is -0.382 e. The highest BCUT2D eigenvalue weighted by atomic mass is 16.5. The lowest BCUT2D eigenvalue weighted by molar-refractivity contribution is -0.0160. The molecule has 0 amide bonds. The number of nitrogens with one attached hydrogen (secondary N) is 1. The molecule has 2 nitrogen and oxygen atoms in total. The topological polar surface area (TPSA) is 21.3 Å². The van der Waals surface area contributed by atoms with Crippen LogP contribution in [0.2, 0.25) is 0 Å². The quantitative estimate of drug-likeness (QED) is 0.855. The Labute approximate surface area is 117 Å². The molecule has 1 fully saturated rings. The van der Waals surface area contributed by atoms with Crippen molar-refractivity contribution in [1.82, 2.24) is 0 Å². The van der Waals surface area contributed by atoms with Crippen LogP contribution in [0.25, 0.3) is 0 Å². The van der Waals surface area contributed by atoms with E-state index in [0.29, 0.717) is 18.1 Å². The molecule has 2 heteroatoms. The van der Waals surface area contributed by atoms with Gasteiger partial charge in [0.1, 0.15) is 0 Å². The standard InChI is InChI=1S/C17H27NO/c1-4-5-14-6-8-15(9-7-14)18-16-10-11-19-17(12-16)13(2)3/h6-9,13,16-18H,4-5,10-12H2,1-3H3. The van der Waals surface area contributed by atoms with Crippen molar-refractivity contribution >= 4 is 5.69 Å². The van der Waals surface area contributed by atoms with Crippen molar-refractivity contribution in [1.29, 1.82) is 0 Å². The zero-order valence-corrected chi connectivity index (χ0v) is 12.5. The molecule has 1 heterocycles. The van der Waals surface area contributed by atoms with Crippen LogP contribution in [-0.4, -0.2) is 18.8 Å². The average molecular weight is 261 g/mol. The lowest BCUT2D eigenvalue weighted by Gasteiger charge is -2.33. The number of hydrogen-bond donors (Lipinski definition) is 1. The Morgan fingerprint density at radius 3 is 2.63 bits per heavy atom. The van der Waals surface area contributed by atoms with Crippen LogP contribution in [-0.2, 0) is 11.2 Å². The first-order valence-corrected chi connectivity index (χ1v) is 7.66. The first-order chi connectivity index (χ1) is 9.19. The Balaban J connectivity index is 1.89. The third kappa shape index (κ3) is 4.24. The number of aryl methyl sites for hydroxylation is 1. The molecule has 106 valence electrons. The highest BCUT2D eigenvalue weighted by Crippen LogP contribution is 2.23. The van der Waals surface area contributed by atoms with E-state index in [0.717, 1.165) is 19.4 Å². The van der Waals surface area contributed by atoms with Gasteiger partial charge in [0.05, 0.1) is 6.10 Å². The first kappa shape index (κ1) is 14.4. The van der Waals surface area contributed by atoms with Crippen molar-refractivity contribution in [3.05, 3.63) is 29.8 Å². The summed E-state index contributed by atoms with van der Waals surface area (Å²) < 4.78 is 5.82. The number of hydrogen-bond acceptors (Lipinski definition) is 2. The third-order valence-electron chi connectivity index (χ3n) is 3.92. The van der Waals surface area contributed by atoms with Crippen LogP contribution in [0.3, 0.4) is 0 Å². The molecule has 1 aromatic carbocycles. The van der Waals surface area contributed by atoms with Gasteiger partial charge in [0.25, 0.3) is 0 Å². The van der Waals surface area contributed by atoms with E-state index >= 15 is 0 Å². The van der Waals surface area contributed by atoms with Crippen LogP contribution < -0.4 is 5.32 Å². The van der Waals surface area contributed by atoms with Crippen molar-refractivity contribution in [2.45, 2.75) is 58.6 Å². The molecule has 2 unspecified atom stereocenters. The maximum absolute atomic E-state index is 5.82. The maximum Gasteiger partial charge on any atom is 0.0617 e. The molecule has 0 aliphatic carbocycles. The van der Waals surface area contributed by atoms with Gasteiger partial charge in [0, 0.05) is 18.3 Å². The largest absolute Gasteiger partial charge is 0.382 e. The second-order valence-electron chi connectivity index (χ2n) is 5.97. The van der Waals surface area contributed by atoms with E-state index in [9.17, 15) is 0 Å². The minimum atomic E-state index is 0.408. The first-order valence-electron chi connectivity index (χ1n) is 7.66. The van der Waals surface area contributed by atoms with Crippen LogP contribution >= 0.6 is 0 Å². The summed E-state index contributed by atoms with van der Waals surface area (Å²) in [6, 6.07) is 9.46. The van der Waals surface area contributed by atoms with Gasteiger partial charge in [-0.15, -0.1) is 0 Å². The van der Waals surface area contributed by atoms with Crippen molar-refractivity contribution < 1.29 is 4.74 Å². The highest BCUT2D eigenvalue weighted by molar-refractivity contribution is 5.45. The molecule has 2 atom stereocenters. The fourth-order valence-corrected chi connectivity index (χ4v) is 2.72. The summed E-state index contributed by atoms with van der Waals surface area (Å²) in [5, 5.41) is 3.66. The normalized spacial score (nSPS) is 23.6. The van der Waals surface area contributed by atoms with E-state index in [-0.39, 0.29) is 0 Å². The number of ether oxygens (including phenoxy) is 1. The van der Waals surface area contributed by atoms with Gasteiger partial charge in [-0.3, -0.25) is 0 Å². The van der Waals surface area contributed by atoms with Crippen molar-refractivity contribution in [2.75, 3.05) is 11.9 Å². The lowest BCUT2D eigenvalue weighted by atomic mass is 9.95. The predicted molar refractivity (Wildman–Crippen MR) is 81.7 cm³/mol. The van der Waals surface area contributed by atoms with Crippen LogP contribution in [0.4, 0.5) is 5.69 Å². The van der Waals surface area contributed by atoms with Gasteiger partial charge in [-0.25, -0.2) is 0 Å². The van der Waals surface area contributed by atoms with Gasteiger partial charge in [0.15, 0.2) is 0 Å². The third-order valence-corrected chi connectivity index (χ3v) is 3.92. The van der Waals surface area contributed by atoms with Gasteiger partial charge >= 0.3 is 0 Å². The summed E-state index contributed by atoms with van der Waals surface area (Å²) in [6.07, 6.45) is 5.02. The maximum atomic E-state index is 5.82. The van der Waals surface area contributed by atoms with Crippen molar-refractivity contribution in [2.24, 2.45) is 5.92 Å². The molecule has 1 aromatic rings. The van der Waals surface area contributed by atoms with Gasteiger partial charge in [-0.1, -0.05) is 39.3 Å². The molecule has 0 spiro atoms. The van der Waals surface area contributed by atoms with Crippen LogP contribution in [0.1, 0.15) is 45.6 Å². The van der Waals surface area contributed by atoms with E-state index in [1.54, 1.807) is 0 Å². The van der Waals surface area contributed by atoms with Crippen molar-refractivity contribution in [3.63, 3.8) is 0 Å². The van der Waals surface area contributed by atoms with Gasteiger partial charge in [-0.2, -0.15) is 0 Å². The summed E-state index contributed by atoms with van der Waals surface area (Å²) in [5.41, 5.74) is 2.68. The molecule has 19 heavy (non-hydrogen) atoms. The summed E-state index contributed by atoms with van der Waals surface area (Å²) >= 11 is 0. The van der Waals surface area contributed by atoms with Gasteiger partial charge < -0.3 is 10.1 Å². The molecular formula is C17H27NO. The summed E-state index contributed by atoms with van der Waals surface area (Å²) in [7, 11) is 0. The van der Waals surface area contributed by atoms with Crippen LogP contribution in [0, 0.1) is 5.92 Å². The molecule has 0 saturated carbocycles. The molecular weight excluding hydrogens is 234 g/mol. The average Bonchev–Trinajstić information content (AvgIpc) is 2.42. The second kappa shape index (κ2) is 6.95. The monoisotopic (exact) mass is 261 g/mol. The Kier molecular flexibility index (Phi) is 5.26. The molecule has 1 saturated heterocycles. The van der Waals surface area contributed by atoms with E-state index in [1.807, 2.05) is 0 Å². The smallest absolute Gasteiger partial charge is 0.0617 e. The molecule has 1 aliphatic heterocycles. The van der Waals surface area contributed by atoms with E-state index in [2.05, 4.69) is 50.4 Å². The van der Waals surface area contributed by atoms with Crippen LogP contribution in [0.5, 0.6) is 0 Å². The summed E-state index contributed by atoms with van der Waals surface area (Å²) in [5.74, 6) is 0.608. The minimum absolute atomic E-state index is 0.408. The Hall–Kier alpha value is -1.02. The Bertz CT molecular complexity index is 371. The second-order valence-corrected chi connectivity index (χ2v) is 5.97. The van der Waals surface area contributed by atoms with Gasteiger partial charge in [0.2, 0.25) is 0 Å². The number of anilines is 1. The molecule has 0 radical (unpaired) electrons. The summed E-state index contributed by atoms with van der Waals surface area (Å²) in [6.45, 7) is 7.59. The fourth-order valence-electron chi connectivity index (χ4n) is 2.72. The SMILES string of the molecule is CCCc1ccc(NC2CCOC(C(C)C)C2)cc1. The molecule has 0 aromatic heterocycles. The zero-order chi connectivity index (χ0) is 13.7. The van der Waals surface area contributed by atoms with Gasteiger partial charge in [-0.05, 0) is 42.9 Å². The van der Waals surface area contributed by atoms with E-state index < -0.39 is 0 Å². The lowest BCUT2D eigenvalue weighted by Crippen LogP contribution is -2.36. The molecule has 1 aliphatic rings. The summed E-state index contributed by atoms with van der Waals surface area (Å²) in [4.78, 5) is 0. The molecule has 0 bridgehead atoms. The van der Waals surface area contributed by atoms with Crippen molar-refractivity contribution in [3.8, 4) is 0 Å². The van der Waals surface area contributed by atoms with Crippen LogP contribution in [0.15, 0.2) is 24.3 Å². The molecule has 2 rings (SSSR count). The number of rotatable bonds is 5. The van der Waals surface area contributed by atoms with E-state index in [4.69, 9.17) is 4.74 Å². The Morgan fingerprint density at radius 2 is 2.00 bits per heavy atom. The van der Waals surface area contributed by atoms with E-state index in [1.165, 1.54) is 24.1 Å². The fraction of sp³-hybridized carbons (Fsp3) is 0.647. The molecule has 1 N–H and O–H groups in total. The Morgan fingerprint density at radius 1 is 1.26 bits per heavy atom. The highest BCUT2D eigenvalue weighted by Gasteiger charge is 2.24.